The summed E-state index contributed by atoms with van der Waals surface area (Å²) in [6, 6.07) is 0. The molecule has 0 bridgehead atoms. The summed E-state index contributed by atoms with van der Waals surface area (Å²) in [4.78, 5) is 0. The molecule has 0 aromatic carbocycles. The largest absolute Gasteiger partial charge is 0.394 e. The Morgan fingerprint density at radius 3 is 2.08 bits per heavy atom. The normalized spacial score (nSPS) is 47.5. The van der Waals surface area contributed by atoms with Gasteiger partial charge in [-0.1, -0.05) is 20.8 Å². The van der Waals surface area contributed by atoms with Crippen LogP contribution in [0.25, 0.3) is 0 Å². The van der Waals surface area contributed by atoms with E-state index >= 15 is 0 Å². The minimum atomic E-state index is -1.63. The molecule has 14 atom stereocenters. The van der Waals surface area contributed by atoms with Crippen LogP contribution in [0, 0.1) is 17.3 Å². The van der Waals surface area contributed by atoms with Crippen LogP contribution in [0.2, 0.25) is 0 Å². The molecule has 12 nitrogen and oxygen atoms in total. The first-order chi connectivity index (χ1) is 17.3. The van der Waals surface area contributed by atoms with Crippen molar-refractivity contribution in [2.75, 3.05) is 13.2 Å². The van der Waals surface area contributed by atoms with E-state index in [1.54, 1.807) is 0 Å². The molecule has 8 N–H and O–H groups in total. The third-order valence-electron chi connectivity index (χ3n) is 8.33. The molecule has 0 aromatic heterocycles. The maximum atomic E-state index is 10.5. The molecule has 0 amide bonds. The highest BCUT2D eigenvalue weighted by Crippen LogP contribution is 2.46. The summed E-state index contributed by atoms with van der Waals surface area (Å²) in [6.45, 7) is 7.11. The first-order valence-electron chi connectivity index (χ1n) is 13.2. The third kappa shape index (κ3) is 7.19. The van der Waals surface area contributed by atoms with Crippen molar-refractivity contribution in [3.05, 3.63) is 0 Å². The lowest BCUT2D eigenvalue weighted by molar-refractivity contribution is -0.334. The van der Waals surface area contributed by atoms with E-state index in [-0.39, 0.29) is 36.6 Å². The van der Waals surface area contributed by atoms with Crippen molar-refractivity contribution >= 4 is 0 Å². The predicted octanol–water partition coefficient (Wildman–Crippen LogP) is -1.77. The van der Waals surface area contributed by atoms with E-state index in [1.165, 1.54) is 6.92 Å². The maximum absolute atomic E-state index is 10.5. The quantitative estimate of drug-likeness (QED) is 0.165. The van der Waals surface area contributed by atoms with E-state index in [2.05, 4.69) is 20.8 Å². The molecule has 37 heavy (non-hydrogen) atoms. The Labute approximate surface area is 217 Å². The molecule has 3 rings (SSSR count). The van der Waals surface area contributed by atoms with Gasteiger partial charge in [0.2, 0.25) is 0 Å². The van der Waals surface area contributed by atoms with Gasteiger partial charge in [-0.2, -0.15) is 0 Å². The molecule has 1 aliphatic carbocycles. The molecule has 2 heterocycles. The Kier molecular flexibility index (Phi) is 10.7. The van der Waals surface area contributed by atoms with Gasteiger partial charge in [0.15, 0.2) is 12.6 Å². The van der Waals surface area contributed by atoms with E-state index in [1.807, 2.05) is 0 Å². The van der Waals surface area contributed by atoms with E-state index in [0.29, 0.717) is 19.3 Å². The Balaban J connectivity index is 1.58. The molecule has 3 aliphatic rings. The molecule has 12 heteroatoms. The van der Waals surface area contributed by atoms with Gasteiger partial charge in [-0.05, 0) is 49.9 Å². The Morgan fingerprint density at radius 1 is 0.838 bits per heavy atom. The second kappa shape index (κ2) is 12.8. The highest BCUT2D eigenvalue weighted by molar-refractivity contribution is 4.92. The summed E-state index contributed by atoms with van der Waals surface area (Å²) >= 11 is 0. The van der Waals surface area contributed by atoms with Crippen LogP contribution in [0.3, 0.4) is 0 Å². The maximum Gasteiger partial charge on any atom is 0.187 e. The van der Waals surface area contributed by atoms with Crippen LogP contribution >= 0.6 is 0 Å². The Bertz CT molecular complexity index is 709. The zero-order valence-corrected chi connectivity index (χ0v) is 22.0. The molecular weight excluding hydrogens is 492 g/mol. The van der Waals surface area contributed by atoms with E-state index < -0.39 is 67.5 Å². The summed E-state index contributed by atoms with van der Waals surface area (Å²) in [6.07, 6.45) is -12.3. The van der Waals surface area contributed by atoms with Gasteiger partial charge in [0.05, 0.1) is 31.5 Å². The van der Waals surface area contributed by atoms with Crippen LogP contribution in [0.1, 0.15) is 53.4 Å². The lowest BCUT2D eigenvalue weighted by Gasteiger charge is -2.46. The fourth-order valence-electron chi connectivity index (χ4n) is 6.15. The number of aliphatic hydroxyl groups is 8. The number of rotatable bonds is 9. The molecule has 218 valence electrons. The molecule has 2 aliphatic heterocycles. The fraction of sp³-hybridized carbons (Fsp3) is 1.00. The second-order valence-electron chi connectivity index (χ2n) is 11.7. The molecular formula is C25H46O12. The van der Waals surface area contributed by atoms with Crippen LogP contribution in [0.4, 0.5) is 0 Å². The van der Waals surface area contributed by atoms with Gasteiger partial charge in [-0.3, -0.25) is 0 Å². The lowest BCUT2D eigenvalue weighted by atomic mass is 9.61. The highest BCUT2D eigenvalue weighted by atomic mass is 16.7. The Hall–Kier alpha value is -0.480. The average molecular weight is 539 g/mol. The lowest BCUT2D eigenvalue weighted by Crippen LogP contribution is -2.61. The van der Waals surface area contributed by atoms with Crippen LogP contribution in [-0.2, 0) is 18.9 Å². The molecule has 3 fully saturated rings. The zero-order chi connectivity index (χ0) is 27.7. The smallest absolute Gasteiger partial charge is 0.187 e. The van der Waals surface area contributed by atoms with Gasteiger partial charge in [-0.15, -0.1) is 0 Å². The standard InChI is InChI=1S/C25H46O12/c1-11-7-13(27)8-25(3,4)15(11)6-5-14(9-26)36-24-22(33)20(31)18(29)16(37-24)10-34-23-21(32)19(30)17(28)12(2)35-23/h11-24,26-33H,5-10H2,1-4H3/t11-,12+,13+,14+,15+,16-,17+,18-,19-,20+,21-,22-,23-,24-/m1/s1. The summed E-state index contributed by atoms with van der Waals surface area (Å²) < 4.78 is 22.4. The van der Waals surface area contributed by atoms with Crippen molar-refractivity contribution in [3.63, 3.8) is 0 Å². The fourth-order valence-corrected chi connectivity index (χ4v) is 6.15. The third-order valence-corrected chi connectivity index (χ3v) is 8.33. The minimum Gasteiger partial charge on any atom is -0.394 e. The molecule has 2 saturated heterocycles. The SMILES string of the molecule is C[C@@H]1C[C@H](O)CC(C)(C)[C@H]1CC[C@@H](CO)O[C@@H]1O[C@H](CO[C@@H]2O[C@@H](C)[C@H](O)[C@@H](O)[C@H]2O)[C@@H](O)[C@H](O)[C@H]1O. The van der Waals surface area contributed by atoms with Crippen LogP contribution in [-0.4, -0.2) is 128 Å². The van der Waals surface area contributed by atoms with Gasteiger partial charge < -0.3 is 59.8 Å². The summed E-state index contributed by atoms with van der Waals surface area (Å²) in [7, 11) is 0. The zero-order valence-electron chi connectivity index (χ0n) is 22.0. The van der Waals surface area contributed by atoms with Gasteiger partial charge in [0.25, 0.3) is 0 Å². The second-order valence-corrected chi connectivity index (χ2v) is 11.7. The first-order valence-corrected chi connectivity index (χ1v) is 13.2. The van der Waals surface area contributed by atoms with Crippen LogP contribution in [0.5, 0.6) is 0 Å². The molecule has 0 unspecified atom stereocenters. The van der Waals surface area contributed by atoms with E-state index in [9.17, 15) is 40.9 Å². The number of hydrogen-bond donors (Lipinski definition) is 8. The van der Waals surface area contributed by atoms with Crippen molar-refractivity contribution in [1.82, 2.24) is 0 Å². The number of ether oxygens (including phenoxy) is 4. The van der Waals surface area contributed by atoms with Gasteiger partial charge in [0, 0.05) is 0 Å². The summed E-state index contributed by atoms with van der Waals surface area (Å²) in [5.74, 6) is 0.574. The van der Waals surface area contributed by atoms with Gasteiger partial charge in [0.1, 0.15) is 42.7 Å². The molecule has 0 radical (unpaired) electrons. The summed E-state index contributed by atoms with van der Waals surface area (Å²) in [5, 5.41) is 81.3. The van der Waals surface area contributed by atoms with Crippen molar-refractivity contribution in [2.45, 2.75) is 127 Å². The predicted molar refractivity (Wildman–Crippen MR) is 128 cm³/mol. The topological polar surface area (TPSA) is 199 Å². The van der Waals surface area contributed by atoms with Crippen molar-refractivity contribution in [1.29, 1.82) is 0 Å². The first kappa shape index (κ1) is 31.1. The molecule has 1 saturated carbocycles. The number of aliphatic hydroxyl groups excluding tert-OH is 8. The monoisotopic (exact) mass is 538 g/mol. The highest BCUT2D eigenvalue weighted by Gasteiger charge is 2.47. The van der Waals surface area contributed by atoms with Crippen LogP contribution in [0.15, 0.2) is 0 Å². The van der Waals surface area contributed by atoms with Crippen molar-refractivity contribution in [2.24, 2.45) is 17.3 Å². The van der Waals surface area contributed by atoms with Gasteiger partial charge >= 0.3 is 0 Å². The summed E-state index contributed by atoms with van der Waals surface area (Å²) in [5.41, 5.74) is -0.0897. The van der Waals surface area contributed by atoms with E-state index in [4.69, 9.17) is 18.9 Å². The molecule has 0 aromatic rings. The number of hydrogen-bond acceptors (Lipinski definition) is 12. The van der Waals surface area contributed by atoms with E-state index in [0.717, 1.165) is 6.42 Å². The van der Waals surface area contributed by atoms with Crippen LogP contribution < -0.4 is 0 Å². The van der Waals surface area contributed by atoms with Crippen molar-refractivity contribution < 1.29 is 59.8 Å². The Morgan fingerprint density at radius 2 is 1.46 bits per heavy atom. The van der Waals surface area contributed by atoms with Crippen molar-refractivity contribution in [3.8, 4) is 0 Å². The minimum absolute atomic E-state index is 0.0897. The molecule has 0 spiro atoms. The van der Waals surface area contributed by atoms with Gasteiger partial charge in [-0.25, -0.2) is 0 Å². The average Bonchev–Trinajstić information content (AvgIpc) is 2.82.